The van der Waals surface area contributed by atoms with Gasteiger partial charge in [0.25, 0.3) is 0 Å². The van der Waals surface area contributed by atoms with Crippen LogP contribution in [0.3, 0.4) is 0 Å². The molecule has 0 saturated heterocycles. The molecule has 0 spiro atoms. The van der Waals surface area contributed by atoms with Gasteiger partial charge in [-0.25, -0.2) is 0 Å². The molecule has 1 saturated carbocycles. The number of aliphatic carboxylic acids is 1. The zero-order chi connectivity index (χ0) is 12.3. The van der Waals surface area contributed by atoms with E-state index in [1.165, 1.54) is 0 Å². The standard InChI is InChI=1S/C14H19NO2/c1-2-11-7-6-8-12(15-11)14(13(16)17)9-4-3-5-10-14/h6-8H,2-5,9-10H2,1H3,(H,16,17). The van der Waals surface area contributed by atoms with E-state index in [1.54, 1.807) is 0 Å². The summed E-state index contributed by atoms with van der Waals surface area (Å²) in [4.78, 5) is 16.2. The Morgan fingerprint density at radius 3 is 2.65 bits per heavy atom. The van der Waals surface area contributed by atoms with Gasteiger partial charge >= 0.3 is 5.97 Å². The van der Waals surface area contributed by atoms with Crippen molar-refractivity contribution in [1.82, 2.24) is 4.98 Å². The Hall–Kier alpha value is -1.38. The first-order valence-electron chi connectivity index (χ1n) is 6.39. The second-order valence-electron chi connectivity index (χ2n) is 4.82. The fourth-order valence-corrected chi connectivity index (χ4v) is 2.68. The number of nitrogens with zero attached hydrogens (tertiary/aromatic N) is 1. The average molecular weight is 233 g/mol. The molecule has 3 heteroatoms. The third kappa shape index (κ3) is 2.19. The van der Waals surface area contributed by atoms with Crippen molar-refractivity contribution in [2.45, 2.75) is 50.9 Å². The summed E-state index contributed by atoms with van der Waals surface area (Å²) >= 11 is 0. The van der Waals surface area contributed by atoms with E-state index in [0.717, 1.165) is 49.9 Å². The monoisotopic (exact) mass is 233 g/mol. The second kappa shape index (κ2) is 4.86. The lowest BCUT2D eigenvalue weighted by atomic mass is 9.71. The first kappa shape index (κ1) is 12.1. The predicted molar refractivity (Wildman–Crippen MR) is 66.0 cm³/mol. The third-order valence-corrected chi connectivity index (χ3v) is 3.78. The Bertz CT molecular complexity index is 408. The van der Waals surface area contributed by atoms with Crippen LogP contribution < -0.4 is 0 Å². The van der Waals surface area contributed by atoms with Crippen LogP contribution in [0.4, 0.5) is 0 Å². The number of carboxylic acid groups (broad SMARTS) is 1. The minimum Gasteiger partial charge on any atom is -0.481 e. The summed E-state index contributed by atoms with van der Waals surface area (Å²) in [5.41, 5.74) is 1.00. The van der Waals surface area contributed by atoms with Gasteiger partial charge in [0, 0.05) is 5.69 Å². The van der Waals surface area contributed by atoms with Gasteiger partial charge in [-0.15, -0.1) is 0 Å². The van der Waals surface area contributed by atoms with Crippen LogP contribution in [0, 0.1) is 0 Å². The summed E-state index contributed by atoms with van der Waals surface area (Å²) in [6.45, 7) is 2.04. The quantitative estimate of drug-likeness (QED) is 0.873. The van der Waals surface area contributed by atoms with Crippen LogP contribution in [0.15, 0.2) is 18.2 Å². The van der Waals surface area contributed by atoms with E-state index >= 15 is 0 Å². The number of hydrogen-bond acceptors (Lipinski definition) is 2. The fourth-order valence-electron chi connectivity index (χ4n) is 2.68. The maximum atomic E-state index is 11.6. The lowest BCUT2D eigenvalue weighted by Gasteiger charge is -2.32. The van der Waals surface area contributed by atoms with Crippen LogP contribution >= 0.6 is 0 Å². The molecule has 0 bridgehead atoms. The molecule has 1 fully saturated rings. The van der Waals surface area contributed by atoms with Crippen molar-refractivity contribution in [3.63, 3.8) is 0 Å². The SMILES string of the molecule is CCc1cccc(C2(C(=O)O)CCCCC2)n1. The topological polar surface area (TPSA) is 50.2 Å². The van der Waals surface area contributed by atoms with Gasteiger partial charge in [0.1, 0.15) is 5.41 Å². The van der Waals surface area contributed by atoms with E-state index in [0.29, 0.717) is 0 Å². The Morgan fingerprint density at radius 1 is 1.35 bits per heavy atom. The molecule has 2 rings (SSSR count). The zero-order valence-electron chi connectivity index (χ0n) is 10.3. The van der Waals surface area contributed by atoms with Gasteiger partial charge in [0.05, 0.1) is 5.69 Å². The first-order valence-corrected chi connectivity index (χ1v) is 6.39. The highest BCUT2D eigenvalue weighted by molar-refractivity contribution is 5.80. The van der Waals surface area contributed by atoms with Crippen LogP contribution in [-0.2, 0) is 16.6 Å². The molecule has 1 aliphatic rings. The summed E-state index contributed by atoms with van der Waals surface area (Å²) in [5, 5.41) is 9.57. The molecule has 0 aromatic carbocycles. The summed E-state index contributed by atoms with van der Waals surface area (Å²) in [6.07, 6.45) is 5.42. The molecule has 0 unspecified atom stereocenters. The van der Waals surface area contributed by atoms with Gasteiger partial charge in [-0.05, 0) is 31.4 Å². The molecular weight excluding hydrogens is 214 g/mol. The molecule has 92 valence electrons. The van der Waals surface area contributed by atoms with Gasteiger partial charge in [-0.3, -0.25) is 9.78 Å². The molecule has 1 aromatic rings. The largest absolute Gasteiger partial charge is 0.481 e. The molecular formula is C14H19NO2. The van der Waals surface area contributed by atoms with Crippen LogP contribution in [0.5, 0.6) is 0 Å². The number of aromatic nitrogens is 1. The van der Waals surface area contributed by atoms with E-state index in [1.807, 2.05) is 25.1 Å². The molecule has 0 aliphatic heterocycles. The molecule has 1 N–H and O–H groups in total. The Morgan fingerprint density at radius 2 is 2.06 bits per heavy atom. The number of carboxylic acids is 1. The molecule has 0 atom stereocenters. The number of pyridine rings is 1. The molecule has 0 radical (unpaired) electrons. The highest BCUT2D eigenvalue weighted by Crippen LogP contribution is 2.38. The third-order valence-electron chi connectivity index (χ3n) is 3.78. The van der Waals surface area contributed by atoms with Crippen molar-refractivity contribution in [3.05, 3.63) is 29.6 Å². The Labute approximate surface area is 102 Å². The fraction of sp³-hybridized carbons (Fsp3) is 0.571. The van der Waals surface area contributed by atoms with Gasteiger partial charge < -0.3 is 5.11 Å². The van der Waals surface area contributed by atoms with E-state index in [2.05, 4.69) is 4.98 Å². The predicted octanol–water partition coefficient (Wildman–Crippen LogP) is 2.93. The smallest absolute Gasteiger partial charge is 0.315 e. The van der Waals surface area contributed by atoms with Crippen LogP contribution in [0.25, 0.3) is 0 Å². The van der Waals surface area contributed by atoms with Crippen molar-refractivity contribution in [3.8, 4) is 0 Å². The lowest BCUT2D eigenvalue weighted by molar-refractivity contribution is -0.145. The number of carbonyl (C=O) groups is 1. The number of rotatable bonds is 3. The summed E-state index contributed by atoms with van der Waals surface area (Å²) < 4.78 is 0. The summed E-state index contributed by atoms with van der Waals surface area (Å²) in [7, 11) is 0. The van der Waals surface area contributed by atoms with Crippen molar-refractivity contribution >= 4 is 5.97 Å². The average Bonchev–Trinajstić information content (AvgIpc) is 2.39. The van der Waals surface area contributed by atoms with Crippen molar-refractivity contribution in [2.75, 3.05) is 0 Å². The van der Waals surface area contributed by atoms with E-state index in [4.69, 9.17) is 0 Å². The van der Waals surface area contributed by atoms with Gasteiger partial charge in [-0.2, -0.15) is 0 Å². The maximum Gasteiger partial charge on any atom is 0.315 e. The van der Waals surface area contributed by atoms with E-state index < -0.39 is 11.4 Å². The van der Waals surface area contributed by atoms with E-state index in [9.17, 15) is 9.90 Å². The lowest BCUT2D eigenvalue weighted by Crippen LogP contribution is -2.38. The number of aryl methyl sites for hydroxylation is 1. The van der Waals surface area contributed by atoms with Gasteiger partial charge in [0.15, 0.2) is 0 Å². The molecule has 1 aromatic heterocycles. The van der Waals surface area contributed by atoms with E-state index in [-0.39, 0.29) is 0 Å². The normalized spacial score (nSPS) is 18.9. The minimum atomic E-state index is -0.733. The highest BCUT2D eigenvalue weighted by Gasteiger charge is 2.42. The van der Waals surface area contributed by atoms with Gasteiger partial charge in [-0.1, -0.05) is 32.3 Å². The van der Waals surface area contributed by atoms with Crippen molar-refractivity contribution in [2.24, 2.45) is 0 Å². The Kier molecular flexibility index (Phi) is 3.46. The minimum absolute atomic E-state index is 0.710. The molecule has 1 heterocycles. The number of hydrogen-bond donors (Lipinski definition) is 1. The Balaban J connectivity index is 2.41. The van der Waals surface area contributed by atoms with Crippen LogP contribution in [-0.4, -0.2) is 16.1 Å². The van der Waals surface area contributed by atoms with Crippen LogP contribution in [0.1, 0.15) is 50.4 Å². The van der Waals surface area contributed by atoms with Crippen LogP contribution in [0.2, 0.25) is 0 Å². The summed E-state index contributed by atoms with van der Waals surface area (Å²) in [5.74, 6) is -0.710. The summed E-state index contributed by atoms with van der Waals surface area (Å²) in [6, 6.07) is 5.76. The molecule has 0 amide bonds. The highest BCUT2D eigenvalue weighted by atomic mass is 16.4. The zero-order valence-corrected chi connectivity index (χ0v) is 10.3. The maximum absolute atomic E-state index is 11.6. The van der Waals surface area contributed by atoms with Gasteiger partial charge in [0.2, 0.25) is 0 Å². The van der Waals surface area contributed by atoms with Crippen molar-refractivity contribution < 1.29 is 9.90 Å². The molecule has 17 heavy (non-hydrogen) atoms. The first-order chi connectivity index (χ1) is 8.19. The molecule has 1 aliphatic carbocycles. The molecule has 3 nitrogen and oxygen atoms in total. The second-order valence-corrected chi connectivity index (χ2v) is 4.82. The van der Waals surface area contributed by atoms with Crippen molar-refractivity contribution in [1.29, 1.82) is 0 Å².